The Morgan fingerprint density at radius 3 is 2.70 bits per heavy atom. The van der Waals surface area contributed by atoms with E-state index >= 15 is 0 Å². The maximum Gasteiger partial charge on any atom is 0.130 e. The summed E-state index contributed by atoms with van der Waals surface area (Å²) in [7, 11) is 0. The molecule has 3 heteroatoms. The molecular formula is C17H25FN2. The smallest absolute Gasteiger partial charge is 0.130 e. The van der Waals surface area contributed by atoms with Gasteiger partial charge in [0.05, 0.1) is 0 Å². The second-order valence-corrected chi connectivity index (χ2v) is 6.50. The first kappa shape index (κ1) is 13.9. The summed E-state index contributed by atoms with van der Waals surface area (Å²) in [5.74, 6) is 1.53. The minimum absolute atomic E-state index is 0.164. The van der Waals surface area contributed by atoms with Crippen LogP contribution in [-0.4, -0.2) is 13.1 Å². The quantitative estimate of drug-likeness (QED) is 0.888. The average Bonchev–Trinajstić information content (AvgIpc) is 2.46. The number of piperidine rings is 1. The molecule has 20 heavy (non-hydrogen) atoms. The fourth-order valence-corrected chi connectivity index (χ4v) is 4.07. The largest absolute Gasteiger partial charge is 0.371 e. The Balaban J connectivity index is 1.84. The van der Waals surface area contributed by atoms with Gasteiger partial charge in [-0.3, -0.25) is 0 Å². The third kappa shape index (κ3) is 2.56. The third-order valence-electron chi connectivity index (χ3n) is 5.12. The highest BCUT2D eigenvalue weighted by Gasteiger charge is 2.32. The molecule has 1 aliphatic carbocycles. The molecule has 0 spiro atoms. The molecule has 0 radical (unpaired) electrons. The summed E-state index contributed by atoms with van der Waals surface area (Å²) in [6, 6.07) is 5.11. The van der Waals surface area contributed by atoms with Crippen LogP contribution in [0.5, 0.6) is 0 Å². The zero-order valence-electron chi connectivity index (χ0n) is 12.3. The van der Waals surface area contributed by atoms with Gasteiger partial charge in [-0.2, -0.15) is 0 Å². The van der Waals surface area contributed by atoms with Crippen molar-refractivity contribution in [2.24, 2.45) is 17.6 Å². The molecule has 2 aliphatic rings. The van der Waals surface area contributed by atoms with Crippen LogP contribution in [-0.2, 0) is 0 Å². The van der Waals surface area contributed by atoms with E-state index in [-0.39, 0.29) is 11.9 Å². The Hall–Kier alpha value is -1.09. The summed E-state index contributed by atoms with van der Waals surface area (Å²) in [5, 5.41) is 0. The molecular weight excluding hydrogens is 251 g/mol. The molecule has 0 bridgehead atoms. The maximum atomic E-state index is 14.1. The van der Waals surface area contributed by atoms with Crippen LogP contribution in [0.1, 0.15) is 50.6 Å². The molecule has 3 unspecified atom stereocenters. The van der Waals surface area contributed by atoms with Crippen LogP contribution in [0.15, 0.2) is 18.2 Å². The summed E-state index contributed by atoms with van der Waals surface area (Å²) in [6.45, 7) is 3.99. The molecule has 3 atom stereocenters. The summed E-state index contributed by atoms with van der Waals surface area (Å²) >= 11 is 0. The van der Waals surface area contributed by atoms with Gasteiger partial charge in [0, 0.05) is 30.4 Å². The third-order valence-corrected chi connectivity index (χ3v) is 5.12. The zero-order chi connectivity index (χ0) is 14.1. The van der Waals surface area contributed by atoms with Crippen LogP contribution in [0.2, 0.25) is 0 Å². The van der Waals surface area contributed by atoms with E-state index < -0.39 is 0 Å². The van der Waals surface area contributed by atoms with Gasteiger partial charge in [0.15, 0.2) is 0 Å². The van der Waals surface area contributed by atoms with Crippen molar-refractivity contribution in [3.63, 3.8) is 0 Å². The zero-order valence-corrected chi connectivity index (χ0v) is 12.3. The van der Waals surface area contributed by atoms with E-state index in [0.717, 1.165) is 30.6 Å². The Bertz CT molecular complexity index is 472. The van der Waals surface area contributed by atoms with E-state index in [9.17, 15) is 4.39 Å². The van der Waals surface area contributed by atoms with Crippen LogP contribution < -0.4 is 10.6 Å². The Labute approximate surface area is 121 Å². The highest BCUT2D eigenvalue weighted by molar-refractivity contribution is 5.56. The molecule has 1 saturated carbocycles. The Morgan fingerprint density at radius 2 is 1.95 bits per heavy atom. The summed E-state index contributed by atoms with van der Waals surface area (Å²) in [6.07, 6.45) is 6.73. The van der Waals surface area contributed by atoms with Crippen LogP contribution in [0.25, 0.3) is 0 Å². The first-order valence-electron chi connectivity index (χ1n) is 7.95. The van der Waals surface area contributed by atoms with E-state index in [0.29, 0.717) is 5.56 Å². The Kier molecular flexibility index (Phi) is 3.97. The molecule has 1 aliphatic heterocycles. The standard InChI is InChI=1S/C17H25FN2/c1-12(19)17-15(18)7-4-8-16(17)20-10-9-13-5-2-3-6-14(13)11-20/h4,7-8,12-14H,2-3,5-6,9-11,19H2,1H3. The minimum atomic E-state index is -0.254. The minimum Gasteiger partial charge on any atom is -0.371 e. The predicted molar refractivity (Wildman–Crippen MR) is 81.3 cm³/mol. The topological polar surface area (TPSA) is 29.3 Å². The van der Waals surface area contributed by atoms with Crippen molar-refractivity contribution in [1.82, 2.24) is 0 Å². The van der Waals surface area contributed by atoms with E-state index in [4.69, 9.17) is 5.73 Å². The van der Waals surface area contributed by atoms with Gasteiger partial charge in [-0.1, -0.05) is 25.3 Å². The average molecular weight is 276 g/mol. The molecule has 1 saturated heterocycles. The monoisotopic (exact) mass is 276 g/mol. The van der Waals surface area contributed by atoms with Crippen LogP contribution in [0.4, 0.5) is 10.1 Å². The first-order chi connectivity index (χ1) is 9.66. The van der Waals surface area contributed by atoms with E-state index in [2.05, 4.69) is 4.90 Å². The van der Waals surface area contributed by atoms with E-state index in [1.807, 2.05) is 19.1 Å². The first-order valence-corrected chi connectivity index (χ1v) is 7.95. The number of nitrogens with zero attached hydrogens (tertiary/aromatic N) is 1. The van der Waals surface area contributed by atoms with Gasteiger partial charge in [0.2, 0.25) is 0 Å². The fraction of sp³-hybridized carbons (Fsp3) is 0.647. The summed E-state index contributed by atoms with van der Waals surface area (Å²) < 4.78 is 14.1. The van der Waals surface area contributed by atoms with Gasteiger partial charge < -0.3 is 10.6 Å². The van der Waals surface area contributed by atoms with E-state index in [1.54, 1.807) is 0 Å². The number of halogens is 1. The van der Waals surface area contributed by atoms with Crippen molar-refractivity contribution in [2.75, 3.05) is 18.0 Å². The molecule has 2 N–H and O–H groups in total. The van der Waals surface area contributed by atoms with Crippen molar-refractivity contribution in [3.8, 4) is 0 Å². The van der Waals surface area contributed by atoms with Gasteiger partial charge in [0.1, 0.15) is 5.82 Å². The van der Waals surface area contributed by atoms with Gasteiger partial charge in [-0.05, 0) is 43.7 Å². The predicted octanol–water partition coefficient (Wildman–Crippen LogP) is 3.86. The van der Waals surface area contributed by atoms with Gasteiger partial charge >= 0.3 is 0 Å². The normalized spacial score (nSPS) is 28.1. The number of rotatable bonds is 2. The molecule has 2 fully saturated rings. The molecule has 2 nitrogen and oxygen atoms in total. The second kappa shape index (κ2) is 5.72. The van der Waals surface area contributed by atoms with Crippen molar-refractivity contribution in [1.29, 1.82) is 0 Å². The van der Waals surface area contributed by atoms with Gasteiger partial charge in [-0.25, -0.2) is 4.39 Å². The number of hydrogen-bond donors (Lipinski definition) is 1. The summed E-state index contributed by atoms with van der Waals surface area (Å²) in [4.78, 5) is 2.37. The molecule has 1 heterocycles. The maximum absolute atomic E-state index is 14.1. The highest BCUT2D eigenvalue weighted by Crippen LogP contribution is 2.39. The van der Waals surface area contributed by atoms with Crippen molar-refractivity contribution in [2.45, 2.75) is 45.1 Å². The van der Waals surface area contributed by atoms with Crippen molar-refractivity contribution in [3.05, 3.63) is 29.6 Å². The van der Waals surface area contributed by atoms with Crippen LogP contribution in [0.3, 0.4) is 0 Å². The number of benzene rings is 1. The lowest BCUT2D eigenvalue weighted by Crippen LogP contribution is -2.42. The molecule has 110 valence electrons. The number of anilines is 1. The molecule has 1 aromatic rings. The van der Waals surface area contributed by atoms with Crippen molar-refractivity contribution >= 4 is 5.69 Å². The molecule has 0 aromatic heterocycles. The van der Waals surface area contributed by atoms with Crippen LogP contribution >= 0.6 is 0 Å². The lowest BCUT2D eigenvalue weighted by Gasteiger charge is -2.43. The number of hydrogen-bond acceptors (Lipinski definition) is 2. The lowest BCUT2D eigenvalue weighted by atomic mass is 9.75. The molecule has 3 rings (SSSR count). The number of fused-ring (bicyclic) bond motifs is 1. The van der Waals surface area contributed by atoms with Crippen molar-refractivity contribution < 1.29 is 4.39 Å². The van der Waals surface area contributed by atoms with E-state index in [1.165, 1.54) is 38.2 Å². The second-order valence-electron chi connectivity index (χ2n) is 6.50. The lowest BCUT2D eigenvalue weighted by molar-refractivity contribution is 0.202. The number of nitrogens with two attached hydrogens (primary N) is 1. The fourth-order valence-electron chi connectivity index (χ4n) is 4.07. The summed E-state index contributed by atoms with van der Waals surface area (Å²) in [5.41, 5.74) is 7.69. The van der Waals surface area contributed by atoms with Gasteiger partial charge in [0.25, 0.3) is 0 Å². The van der Waals surface area contributed by atoms with Gasteiger partial charge in [-0.15, -0.1) is 0 Å². The highest BCUT2D eigenvalue weighted by atomic mass is 19.1. The SMILES string of the molecule is CC(N)c1c(F)cccc1N1CCC2CCCCC2C1. The Morgan fingerprint density at radius 1 is 1.20 bits per heavy atom. The van der Waals surface area contributed by atoms with Crippen LogP contribution in [0, 0.1) is 17.7 Å². The molecule has 0 amide bonds. The molecule has 1 aromatic carbocycles.